The van der Waals surface area contributed by atoms with E-state index in [1.807, 2.05) is 30.1 Å². The topological polar surface area (TPSA) is 76.6 Å². The van der Waals surface area contributed by atoms with Gasteiger partial charge >= 0.3 is 0 Å². The van der Waals surface area contributed by atoms with E-state index in [1.165, 1.54) is 0 Å². The van der Waals surface area contributed by atoms with Crippen LogP contribution >= 0.6 is 0 Å². The van der Waals surface area contributed by atoms with Crippen molar-refractivity contribution < 1.29 is 26.7 Å². The molecule has 4 atom stereocenters. The summed E-state index contributed by atoms with van der Waals surface area (Å²) in [5.41, 5.74) is 1.67. The van der Waals surface area contributed by atoms with Gasteiger partial charge in [-0.25, -0.2) is 31.3 Å². The number of imidazole rings is 1. The highest BCUT2D eigenvalue weighted by Gasteiger charge is 2.52. The van der Waals surface area contributed by atoms with Crippen molar-refractivity contribution in [1.29, 1.82) is 0 Å². The monoisotopic (exact) mass is 604 g/mol. The zero-order valence-corrected chi connectivity index (χ0v) is 24.2. The minimum absolute atomic E-state index is 0.0821. The highest BCUT2D eigenvalue weighted by atomic mass is 19.3. The summed E-state index contributed by atoms with van der Waals surface area (Å²) >= 11 is 0. The molecule has 9 nitrogen and oxygen atoms in total. The molecule has 1 aliphatic carbocycles. The van der Waals surface area contributed by atoms with Crippen LogP contribution in [0.5, 0.6) is 0 Å². The number of ether oxygens (including phenoxy) is 1. The average molecular weight is 605 g/mol. The summed E-state index contributed by atoms with van der Waals surface area (Å²) in [4.78, 5) is 13.9. The highest BCUT2D eigenvalue weighted by molar-refractivity contribution is 5.87. The zero-order valence-electron chi connectivity index (χ0n) is 24.2. The molecule has 3 fully saturated rings. The SMILES string of the molecule is Cc1nc2c(N3C[C@@H](C)N(C(c4cc(F)c(F)c(F)c4)C4CC(F)(F)C4)C[C@@H]3C)nc3nncn3c2n1C[C@@H]1CCCO1. The largest absolute Gasteiger partial charge is 0.376 e. The van der Waals surface area contributed by atoms with Crippen molar-refractivity contribution in [1.82, 2.24) is 34.0 Å². The van der Waals surface area contributed by atoms with E-state index in [-0.39, 0.29) is 23.8 Å². The van der Waals surface area contributed by atoms with Gasteiger partial charge in [0.1, 0.15) is 17.7 Å². The molecule has 0 amide bonds. The lowest BCUT2D eigenvalue weighted by Crippen LogP contribution is -2.59. The second kappa shape index (κ2) is 10.4. The van der Waals surface area contributed by atoms with Crippen molar-refractivity contribution in [2.24, 2.45) is 5.92 Å². The van der Waals surface area contributed by atoms with E-state index in [0.717, 1.165) is 43.1 Å². The van der Waals surface area contributed by atoms with Crippen LogP contribution in [0.25, 0.3) is 16.9 Å². The van der Waals surface area contributed by atoms with Crippen LogP contribution in [0.2, 0.25) is 0 Å². The molecule has 7 rings (SSSR count). The lowest BCUT2D eigenvalue weighted by Gasteiger charge is -2.52. The molecule has 230 valence electrons. The first-order valence-electron chi connectivity index (χ1n) is 14.7. The van der Waals surface area contributed by atoms with Gasteiger partial charge in [-0.15, -0.1) is 10.2 Å². The quantitative estimate of drug-likeness (QED) is 0.225. The maximum Gasteiger partial charge on any atom is 0.258 e. The van der Waals surface area contributed by atoms with Gasteiger partial charge in [-0.1, -0.05) is 0 Å². The Morgan fingerprint density at radius 1 is 1.05 bits per heavy atom. The number of hydrogen-bond acceptors (Lipinski definition) is 7. The van der Waals surface area contributed by atoms with Crippen LogP contribution in [-0.2, 0) is 11.3 Å². The summed E-state index contributed by atoms with van der Waals surface area (Å²) in [7, 11) is 0. The average Bonchev–Trinajstić information content (AvgIpc) is 3.69. The molecule has 0 bridgehead atoms. The molecule has 43 heavy (non-hydrogen) atoms. The van der Waals surface area contributed by atoms with Gasteiger partial charge in [-0.3, -0.25) is 4.90 Å². The van der Waals surface area contributed by atoms with Gasteiger partial charge in [0.2, 0.25) is 5.92 Å². The number of aromatic nitrogens is 6. The van der Waals surface area contributed by atoms with Crippen molar-refractivity contribution in [3.63, 3.8) is 0 Å². The van der Waals surface area contributed by atoms with E-state index in [9.17, 15) is 22.0 Å². The summed E-state index contributed by atoms with van der Waals surface area (Å²) in [6.07, 6.45) is 2.89. The van der Waals surface area contributed by atoms with Crippen LogP contribution in [0.3, 0.4) is 0 Å². The van der Waals surface area contributed by atoms with Gasteiger partial charge < -0.3 is 14.2 Å². The van der Waals surface area contributed by atoms with Crippen molar-refractivity contribution >= 4 is 22.8 Å². The molecule has 2 saturated heterocycles. The summed E-state index contributed by atoms with van der Waals surface area (Å²) in [5, 5.41) is 8.32. The Labute approximate surface area is 244 Å². The van der Waals surface area contributed by atoms with Gasteiger partial charge in [0.05, 0.1) is 12.6 Å². The number of aryl methyl sites for hydroxylation is 1. The molecular formula is C29H33F5N8O. The number of anilines is 1. The molecule has 0 radical (unpaired) electrons. The summed E-state index contributed by atoms with van der Waals surface area (Å²) in [5.74, 6) is -5.73. The van der Waals surface area contributed by atoms with Crippen molar-refractivity contribution in [3.8, 4) is 0 Å². The third-order valence-corrected chi connectivity index (χ3v) is 9.30. The van der Waals surface area contributed by atoms with Crippen LogP contribution < -0.4 is 4.90 Å². The third kappa shape index (κ3) is 4.82. The van der Waals surface area contributed by atoms with E-state index in [0.29, 0.717) is 36.7 Å². The zero-order chi connectivity index (χ0) is 30.2. The Bertz CT molecular complexity index is 1650. The highest BCUT2D eigenvalue weighted by Crippen LogP contribution is 2.51. The van der Waals surface area contributed by atoms with Gasteiger partial charge in [-0.05, 0) is 57.2 Å². The van der Waals surface area contributed by atoms with Crippen LogP contribution in [0, 0.1) is 30.3 Å². The lowest BCUT2D eigenvalue weighted by molar-refractivity contribution is -0.137. The Balaban J connectivity index is 1.25. The van der Waals surface area contributed by atoms with Crippen LogP contribution in [-0.4, -0.2) is 77.8 Å². The third-order valence-electron chi connectivity index (χ3n) is 9.30. The number of nitrogens with zero attached hydrogens (tertiary/aromatic N) is 8. The van der Waals surface area contributed by atoms with Gasteiger partial charge in [0, 0.05) is 50.7 Å². The fourth-order valence-corrected chi connectivity index (χ4v) is 7.21. The van der Waals surface area contributed by atoms with Crippen molar-refractivity contribution in [2.75, 3.05) is 24.6 Å². The minimum atomic E-state index is -2.83. The van der Waals surface area contributed by atoms with Gasteiger partial charge in [-0.2, -0.15) is 4.98 Å². The van der Waals surface area contributed by atoms with E-state index in [2.05, 4.69) is 19.7 Å². The maximum atomic E-state index is 14.3. The fourth-order valence-electron chi connectivity index (χ4n) is 7.21. The number of benzene rings is 1. The first-order valence-corrected chi connectivity index (χ1v) is 14.7. The lowest BCUT2D eigenvalue weighted by atomic mass is 9.73. The maximum absolute atomic E-state index is 14.3. The molecule has 2 aliphatic heterocycles. The van der Waals surface area contributed by atoms with E-state index in [1.54, 1.807) is 6.33 Å². The Morgan fingerprint density at radius 3 is 2.47 bits per heavy atom. The smallest absolute Gasteiger partial charge is 0.258 e. The van der Waals surface area contributed by atoms with E-state index >= 15 is 0 Å². The van der Waals surface area contributed by atoms with E-state index < -0.39 is 48.2 Å². The van der Waals surface area contributed by atoms with Gasteiger partial charge in [0.15, 0.2) is 28.9 Å². The number of fused-ring (bicyclic) bond motifs is 3. The molecule has 3 aromatic heterocycles. The molecule has 1 unspecified atom stereocenters. The van der Waals surface area contributed by atoms with Crippen molar-refractivity contribution in [3.05, 3.63) is 47.3 Å². The summed E-state index contributed by atoms with van der Waals surface area (Å²) < 4.78 is 80.5. The molecule has 5 heterocycles. The summed E-state index contributed by atoms with van der Waals surface area (Å²) in [6.45, 7) is 8.10. The minimum Gasteiger partial charge on any atom is -0.376 e. The molecule has 3 aliphatic rings. The van der Waals surface area contributed by atoms with Crippen LogP contribution in [0.4, 0.5) is 27.8 Å². The molecule has 1 saturated carbocycles. The Kier molecular flexibility index (Phi) is 6.84. The number of piperazine rings is 1. The molecule has 0 N–H and O–H groups in total. The molecule has 14 heteroatoms. The fraction of sp³-hybridized carbons (Fsp3) is 0.586. The first kappa shape index (κ1) is 28.4. The predicted octanol–water partition coefficient (Wildman–Crippen LogP) is 5.06. The summed E-state index contributed by atoms with van der Waals surface area (Å²) in [6, 6.07) is 0.768. The van der Waals surface area contributed by atoms with E-state index in [4.69, 9.17) is 14.7 Å². The van der Waals surface area contributed by atoms with Crippen LogP contribution in [0.15, 0.2) is 18.5 Å². The Morgan fingerprint density at radius 2 is 1.79 bits per heavy atom. The molecule has 1 aromatic carbocycles. The number of halogens is 5. The standard InChI is InChI=1S/C29H33F5N8O/c1-15-12-40(16(2)11-39(15)25(19-9-29(33,34)10-19)18-7-21(30)23(32)22(31)8-18)26-24-27(42-14-35-38-28(42)37-26)41(17(3)36-24)13-20-5-4-6-43-20/h7-8,14-16,19-20,25H,4-6,9-13H2,1-3H3/t15-,16+,20+,25?/m1/s1. The second-order valence-electron chi connectivity index (χ2n) is 12.3. The van der Waals surface area contributed by atoms with Gasteiger partial charge in [0.25, 0.3) is 5.78 Å². The number of alkyl halides is 2. The Hall–Kier alpha value is -3.39. The second-order valence-corrected chi connectivity index (χ2v) is 12.3. The molecule has 0 spiro atoms. The molecule has 4 aromatic rings. The first-order chi connectivity index (χ1) is 20.5. The normalized spacial score (nSPS) is 25.6. The van der Waals surface area contributed by atoms with Crippen LogP contribution in [0.1, 0.15) is 57.0 Å². The predicted molar refractivity (Wildman–Crippen MR) is 147 cm³/mol. The van der Waals surface area contributed by atoms with Crippen molar-refractivity contribution in [2.45, 2.75) is 83.2 Å². The number of hydrogen-bond donors (Lipinski definition) is 0. The number of rotatable bonds is 6. The molecular weight excluding hydrogens is 571 g/mol.